The first-order chi connectivity index (χ1) is 17.1. The van der Waals surface area contributed by atoms with Crippen molar-refractivity contribution in [1.82, 2.24) is 14.9 Å². The molecule has 0 spiro atoms. The van der Waals surface area contributed by atoms with Gasteiger partial charge >= 0.3 is 0 Å². The van der Waals surface area contributed by atoms with Gasteiger partial charge in [0.2, 0.25) is 5.91 Å². The minimum absolute atomic E-state index is 0.103. The number of hydrogen-bond acceptors (Lipinski definition) is 6. The molecule has 4 fully saturated rings. The first kappa shape index (κ1) is 25.8. The van der Waals surface area contributed by atoms with Gasteiger partial charge in [0.25, 0.3) is 5.92 Å². The summed E-state index contributed by atoms with van der Waals surface area (Å²) in [6.07, 6.45) is 7.32. The molecule has 0 N–H and O–H groups in total. The number of alkyl halides is 2. The molecule has 1 aliphatic carbocycles. The number of carbonyl (C=O) groups is 1. The first-order valence-electron chi connectivity index (χ1n) is 13.5. The molecule has 1 saturated carbocycles. The predicted molar refractivity (Wildman–Crippen MR) is 132 cm³/mol. The van der Waals surface area contributed by atoms with Gasteiger partial charge in [-0.3, -0.25) is 4.79 Å². The van der Waals surface area contributed by atoms with Crippen molar-refractivity contribution in [2.45, 2.75) is 83.4 Å². The molecule has 3 aliphatic heterocycles. The normalized spacial score (nSPS) is 34.7. The maximum Gasteiger partial charge on any atom is 0.287 e. The number of halogens is 2. The number of rotatable bonds is 7. The van der Waals surface area contributed by atoms with Gasteiger partial charge in [0, 0.05) is 39.8 Å². The lowest BCUT2D eigenvalue weighted by Gasteiger charge is -2.42. The van der Waals surface area contributed by atoms with E-state index in [2.05, 4.69) is 33.6 Å². The highest BCUT2D eigenvalue weighted by molar-refractivity contribution is 5.84. The van der Waals surface area contributed by atoms with Crippen LogP contribution in [0.2, 0.25) is 0 Å². The van der Waals surface area contributed by atoms with Crippen LogP contribution in [0.4, 0.5) is 14.6 Å². The summed E-state index contributed by atoms with van der Waals surface area (Å²) in [7, 11) is 1.77. The number of amides is 1. The summed E-state index contributed by atoms with van der Waals surface area (Å²) >= 11 is 0. The Balaban J connectivity index is 1.26. The smallest absolute Gasteiger partial charge is 0.287 e. The van der Waals surface area contributed by atoms with E-state index in [9.17, 15) is 13.6 Å². The summed E-state index contributed by atoms with van der Waals surface area (Å²) < 4.78 is 38.9. The van der Waals surface area contributed by atoms with Gasteiger partial charge in [-0.25, -0.2) is 9.97 Å². The Morgan fingerprint density at radius 1 is 1.28 bits per heavy atom. The van der Waals surface area contributed by atoms with E-state index >= 15 is 0 Å². The maximum absolute atomic E-state index is 14.1. The van der Waals surface area contributed by atoms with E-state index in [1.807, 2.05) is 0 Å². The van der Waals surface area contributed by atoms with Gasteiger partial charge in [-0.15, -0.1) is 0 Å². The van der Waals surface area contributed by atoms with E-state index < -0.39 is 5.92 Å². The SMILES string of the molecule is CO[C@@H]1COCC[C@@H]1C[C@@H]1CC[C@@](C(=O)N2C[C@H]3C[C@@H]2CN3c2cc(C(C)(F)F)ncn2)(C(C)C)C1. The third-order valence-corrected chi connectivity index (χ3v) is 9.46. The van der Waals surface area contributed by atoms with Crippen LogP contribution in [0.3, 0.4) is 0 Å². The standard InChI is InChI=1S/C27H40F2N4O3/c1-17(2)27(7-5-18(12-27)9-19-6-8-36-15-22(19)35-4)25(34)33-14-20-10-21(33)13-32(20)24-11-23(26(3,28)29)30-16-31-24/h11,16-22H,5-10,12-15H2,1-4H3/t18-,19+,20+,21+,22+,27-/m0/s1. The average molecular weight is 507 g/mol. The Bertz CT molecular complexity index is 957. The zero-order valence-corrected chi connectivity index (χ0v) is 22.0. The third kappa shape index (κ3) is 4.62. The van der Waals surface area contributed by atoms with Gasteiger partial charge in [-0.05, 0) is 56.3 Å². The van der Waals surface area contributed by atoms with Crippen molar-refractivity contribution in [1.29, 1.82) is 0 Å². The molecule has 6 atom stereocenters. The maximum atomic E-state index is 14.1. The molecular weight excluding hydrogens is 466 g/mol. The fourth-order valence-corrected chi connectivity index (χ4v) is 7.29. The van der Waals surface area contributed by atoms with Crippen molar-refractivity contribution >= 4 is 11.7 Å². The van der Waals surface area contributed by atoms with Gasteiger partial charge < -0.3 is 19.3 Å². The van der Waals surface area contributed by atoms with E-state index in [1.165, 1.54) is 12.4 Å². The molecule has 0 unspecified atom stereocenters. The fraction of sp³-hybridized carbons (Fsp3) is 0.815. The summed E-state index contributed by atoms with van der Waals surface area (Å²) in [4.78, 5) is 26.4. The monoisotopic (exact) mass is 506 g/mol. The molecule has 0 aromatic carbocycles. The quantitative estimate of drug-likeness (QED) is 0.551. The number of piperazine rings is 1. The van der Waals surface area contributed by atoms with Crippen LogP contribution < -0.4 is 4.90 Å². The number of anilines is 1. The minimum atomic E-state index is -3.00. The summed E-state index contributed by atoms with van der Waals surface area (Å²) in [6.45, 7) is 7.98. The highest BCUT2D eigenvalue weighted by Gasteiger charge is 2.54. The second-order valence-corrected chi connectivity index (χ2v) is 11.9. The minimum Gasteiger partial charge on any atom is -0.379 e. The summed E-state index contributed by atoms with van der Waals surface area (Å²) in [6, 6.07) is 1.61. The number of fused-ring (bicyclic) bond motifs is 2. The summed E-state index contributed by atoms with van der Waals surface area (Å²) in [5.74, 6) is -0.875. The number of nitrogens with zero attached hydrogens (tertiary/aromatic N) is 4. The molecule has 7 nitrogen and oxygen atoms in total. The Kier molecular flexibility index (Phi) is 7.00. The zero-order chi connectivity index (χ0) is 25.7. The number of carbonyl (C=O) groups excluding carboxylic acids is 1. The second kappa shape index (κ2) is 9.78. The molecule has 5 rings (SSSR count). The van der Waals surface area contributed by atoms with Crippen LogP contribution >= 0.6 is 0 Å². The van der Waals surface area contributed by atoms with Gasteiger partial charge in [0.15, 0.2) is 0 Å². The number of hydrogen-bond donors (Lipinski definition) is 0. The summed E-state index contributed by atoms with van der Waals surface area (Å²) in [5, 5.41) is 0. The fourth-order valence-electron chi connectivity index (χ4n) is 7.29. The Hall–Kier alpha value is -1.87. The van der Waals surface area contributed by atoms with Crippen LogP contribution in [0.1, 0.15) is 65.0 Å². The zero-order valence-electron chi connectivity index (χ0n) is 22.0. The van der Waals surface area contributed by atoms with Crippen molar-refractivity contribution < 1.29 is 23.0 Å². The molecule has 1 aromatic rings. The van der Waals surface area contributed by atoms with Gasteiger partial charge in [-0.1, -0.05) is 13.8 Å². The van der Waals surface area contributed by atoms with Crippen molar-refractivity contribution in [3.05, 3.63) is 18.1 Å². The lowest BCUT2D eigenvalue weighted by Crippen LogP contribution is -2.54. The molecular formula is C27H40F2N4O3. The Morgan fingerprint density at radius 3 is 2.75 bits per heavy atom. The van der Waals surface area contributed by atoms with Crippen molar-refractivity contribution in [2.24, 2.45) is 23.2 Å². The van der Waals surface area contributed by atoms with Crippen LogP contribution in [-0.4, -0.2) is 72.4 Å². The number of methoxy groups -OCH3 is 1. The highest BCUT2D eigenvalue weighted by atomic mass is 19.3. The molecule has 3 saturated heterocycles. The lowest BCUT2D eigenvalue weighted by molar-refractivity contribution is -0.146. The molecule has 36 heavy (non-hydrogen) atoms. The van der Waals surface area contributed by atoms with Crippen molar-refractivity contribution in [2.75, 3.05) is 38.3 Å². The number of aromatic nitrogens is 2. The molecule has 1 amide bonds. The van der Waals surface area contributed by atoms with Crippen LogP contribution in [0.25, 0.3) is 0 Å². The average Bonchev–Trinajstić information content (AvgIpc) is 3.58. The Morgan fingerprint density at radius 2 is 2.08 bits per heavy atom. The van der Waals surface area contributed by atoms with Crippen LogP contribution in [-0.2, 0) is 20.2 Å². The topological polar surface area (TPSA) is 67.8 Å². The van der Waals surface area contributed by atoms with E-state index in [-0.39, 0.29) is 35.2 Å². The van der Waals surface area contributed by atoms with E-state index in [0.29, 0.717) is 43.3 Å². The number of ether oxygens (including phenoxy) is 2. The molecule has 4 aliphatic rings. The molecule has 2 bridgehead atoms. The molecule has 1 aromatic heterocycles. The highest BCUT2D eigenvalue weighted by Crippen LogP contribution is 2.52. The van der Waals surface area contributed by atoms with E-state index in [4.69, 9.17) is 9.47 Å². The van der Waals surface area contributed by atoms with Crippen molar-refractivity contribution in [3.8, 4) is 0 Å². The molecule has 0 radical (unpaired) electrons. The van der Waals surface area contributed by atoms with Crippen LogP contribution in [0.15, 0.2) is 12.4 Å². The predicted octanol–water partition coefficient (Wildman–Crippen LogP) is 4.26. The van der Waals surface area contributed by atoms with Crippen LogP contribution in [0.5, 0.6) is 0 Å². The van der Waals surface area contributed by atoms with Gasteiger partial charge in [0.05, 0.1) is 30.2 Å². The lowest BCUT2D eigenvalue weighted by atomic mass is 9.73. The largest absolute Gasteiger partial charge is 0.379 e. The van der Waals surface area contributed by atoms with Gasteiger partial charge in [0.1, 0.15) is 17.8 Å². The van der Waals surface area contributed by atoms with E-state index in [1.54, 1.807) is 7.11 Å². The summed E-state index contributed by atoms with van der Waals surface area (Å²) in [5.41, 5.74) is -0.584. The van der Waals surface area contributed by atoms with Crippen molar-refractivity contribution in [3.63, 3.8) is 0 Å². The molecule has 200 valence electrons. The third-order valence-electron chi connectivity index (χ3n) is 9.46. The first-order valence-corrected chi connectivity index (χ1v) is 13.5. The Labute approximate surface area is 212 Å². The molecule has 4 heterocycles. The van der Waals surface area contributed by atoms with Crippen LogP contribution in [0, 0.1) is 23.2 Å². The second-order valence-electron chi connectivity index (χ2n) is 11.9. The van der Waals surface area contributed by atoms with E-state index in [0.717, 1.165) is 52.1 Å². The van der Waals surface area contributed by atoms with Gasteiger partial charge in [-0.2, -0.15) is 8.78 Å². The number of likely N-dealkylation sites (tertiary alicyclic amines) is 1. The molecule has 9 heteroatoms.